The summed E-state index contributed by atoms with van der Waals surface area (Å²) in [6.07, 6.45) is 0.934. The number of nitrogens with one attached hydrogen (secondary N) is 2. The second-order valence-corrected chi connectivity index (χ2v) is 4.15. The lowest BCUT2D eigenvalue weighted by Crippen LogP contribution is -2.38. The van der Waals surface area contributed by atoms with Gasteiger partial charge in [0.15, 0.2) is 0 Å². The van der Waals surface area contributed by atoms with Crippen molar-refractivity contribution in [2.24, 2.45) is 0 Å². The van der Waals surface area contributed by atoms with Gasteiger partial charge in [-0.25, -0.2) is 0 Å². The van der Waals surface area contributed by atoms with E-state index in [9.17, 15) is 4.79 Å². The van der Waals surface area contributed by atoms with Gasteiger partial charge in [0.1, 0.15) is 5.75 Å². The van der Waals surface area contributed by atoms with Crippen LogP contribution in [0, 0.1) is 0 Å². The van der Waals surface area contributed by atoms with Crippen LogP contribution in [0.3, 0.4) is 0 Å². The summed E-state index contributed by atoms with van der Waals surface area (Å²) in [5.41, 5.74) is 1.04. The van der Waals surface area contributed by atoms with Gasteiger partial charge in [0.2, 0.25) is 5.91 Å². The lowest BCUT2D eigenvalue weighted by atomic mass is 10.2. The third-order valence-corrected chi connectivity index (χ3v) is 2.57. The molecule has 1 amide bonds. The zero-order valence-corrected chi connectivity index (χ0v) is 10.4. The Morgan fingerprint density at radius 2 is 2.00 bits per heavy atom. The molecular formula is C13H20N2O2. The van der Waals surface area contributed by atoms with Gasteiger partial charge >= 0.3 is 0 Å². The molecule has 3 N–H and O–H groups in total. The van der Waals surface area contributed by atoms with E-state index in [0.717, 1.165) is 12.0 Å². The first-order valence-corrected chi connectivity index (χ1v) is 5.89. The molecule has 1 atom stereocenters. The second kappa shape index (κ2) is 6.91. The molecule has 0 spiro atoms. The molecule has 0 heterocycles. The molecule has 1 rings (SSSR count). The van der Waals surface area contributed by atoms with E-state index in [0.29, 0.717) is 13.1 Å². The Kier molecular flexibility index (Phi) is 5.49. The van der Waals surface area contributed by atoms with E-state index in [4.69, 9.17) is 5.11 Å². The number of hydrogen-bond acceptors (Lipinski definition) is 3. The first-order valence-electron chi connectivity index (χ1n) is 5.89. The molecule has 94 valence electrons. The van der Waals surface area contributed by atoms with E-state index in [1.165, 1.54) is 0 Å². The average molecular weight is 236 g/mol. The van der Waals surface area contributed by atoms with Crippen molar-refractivity contribution >= 4 is 5.91 Å². The topological polar surface area (TPSA) is 61.4 Å². The molecule has 1 aromatic carbocycles. The summed E-state index contributed by atoms with van der Waals surface area (Å²) in [6.45, 7) is 4.95. The van der Waals surface area contributed by atoms with E-state index in [1.807, 2.05) is 26.0 Å². The Morgan fingerprint density at radius 3 is 2.59 bits per heavy atom. The first kappa shape index (κ1) is 13.5. The van der Waals surface area contributed by atoms with Crippen LogP contribution in [-0.2, 0) is 11.3 Å². The van der Waals surface area contributed by atoms with Crippen molar-refractivity contribution < 1.29 is 9.90 Å². The predicted molar refractivity (Wildman–Crippen MR) is 67.7 cm³/mol. The Balaban J connectivity index is 2.23. The van der Waals surface area contributed by atoms with Crippen molar-refractivity contribution in [2.45, 2.75) is 32.9 Å². The third kappa shape index (κ3) is 5.36. The largest absolute Gasteiger partial charge is 0.508 e. The summed E-state index contributed by atoms with van der Waals surface area (Å²) >= 11 is 0. The molecule has 0 aromatic heterocycles. The lowest BCUT2D eigenvalue weighted by molar-refractivity contribution is -0.120. The highest BCUT2D eigenvalue weighted by Gasteiger charge is 2.04. The zero-order chi connectivity index (χ0) is 12.7. The number of carbonyl (C=O) groups excluding carboxylic acids is 1. The number of carbonyl (C=O) groups is 1. The predicted octanol–water partition coefficient (Wildman–Crippen LogP) is 1.40. The van der Waals surface area contributed by atoms with Gasteiger partial charge in [0, 0.05) is 12.6 Å². The van der Waals surface area contributed by atoms with Crippen LogP contribution in [0.2, 0.25) is 0 Å². The summed E-state index contributed by atoms with van der Waals surface area (Å²) in [5, 5.41) is 15.1. The minimum absolute atomic E-state index is 0.0122. The standard InChI is InChI=1S/C13H20N2O2/c1-3-10(2)15-13(17)9-14-8-11-4-6-12(16)7-5-11/h4-7,10,14,16H,3,8-9H2,1-2H3,(H,15,17). The number of aromatic hydroxyl groups is 1. The number of hydrogen-bond donors (Lipinski definition) is 3. The molecule has 0 bridgehead atoms. The number of amides is 1. The third-order valence-electron chi connectivity index (χ3n) is 2.57. The monoisotopic (exact) mass is 236 g/mol. The van der Waals surface area contributed by atoms with Gasteiger partial charge in [-0.2, -0.15) is 0 Å². The van der Waals surface area contributed by atoms with Gasteiger partial charge in [0.05, 0.1) is 6.54 Å². The van der Waals surface area contributed by atoms with E-state index < -0.39 is 0 Å². The molecule has 1 aromatic rings. The number of benzene rings is 1. The van der Waals surface area contributed by atoms with Crippen LogP contribution in [0.5, 0.6) is 5.75 Å². The van der Waals surface area contributed by atoms with Crippen molar-refractivity contribution in [1.29, 1.82) is 0 Å². The van der Waals surface area contributed by atoms with E-state index >= 15 is 0 Å². The van der Waals surface area contributed by atoms with Crippen molar-refractivity contribution in [3.8, 4) is 5.75 Å². The summed E-state index contributed by atoms with van der Waals surface area (Å²) < 4.78 is 0. The molecule has 0 radical (unpaired) electrons. The molecule has 17 heavy (non-hydrogen) atoms. The van der Waals surface area contributed by atoms with Crippen LogP contribution in [0.25, 0.3) is 0 Å². The second-order valence-electron chi connectivity index (χ2n) is 4.15. The highest BCUT2D eigenvalue weighted by atomic mass is 16.3. The first-order chi connectivity index (χ1) is 8.11. The molecule has 1 unspecified atom stereocenters. The van der Waals surface area contributed by atoms with E-state index in [2.05, 4.69) is 10.6 Å². The zero-order valence-electron chi connectivity index (χ0n) is 10.4. The Labute approximate surface area is 102 Å². The van der Waals surface area contributed by atoms with Gasteiger partial charge in [-0.15, -0.1) is 0 Å². The summed E-state index contributed by atoms with van der Waals surface area (Å²) in [6, 6.07) is 7.15. The molecule has 4 heteroatoms. The number of rotatable bonds is 6. The highest BCUT2D eigenvalue weighted by molar-refractivity contribution is 5.78. The maximum atomic E-state index is 11.4. The van der Waals surface area contributed by atoms with Crippen molar-refractivity contribution in [2.75, 3.05) is 6.54 Å². The molecule has 0 saturated carbocycles. The van der Waals surface area contributed by atoms with E-state index in [1.54, 1.807) is 12.1 Å². The van der Waals surface area contributed by atoms with Crippen LogP contribution < -0.4 is 10.6 Å². The molecular weight excluding hydrogens is 216 g/mol. The van der Waals surface area contributed by atoms with Crippen LogP contribution >= 0.6 is 0 Å². The van der Waals surface area contributed by atoms with Crippen molar-refractivity contribution in [3.63, 3.8) is 0 Å². The van der Waals surface area contributed by atoms with Gasteiger partial charge in [-0.05, 0) is 31.0 Å². The van der Waals surface area contributed by atoms with Crippen molar-refractivity contribution in [3.05, 3.63) is 29.8 Å². The molecule has 0 aliphatic heterocycles. The normalized spacial score (nSPS) is 12.1. The minimum atomic E-state index is 0.0122. The van der Waals surface area contributed by atoms with Gasteiger partial charge in [-0.1, -0.05) is 19.1 Å². The van der Waals surface area contributed by atoms with Gasteiger partial charge in [-0.3, -0.25) is 4.79 Å². The summed E-state index contributed by atoms with van der Waals surface area (Å²) in [5.74, 6) is 0.265. The van der Waals surface area contributed by atoms with Crippen LogP contribution in [0.15, 0.2) is 24.3 Å². The lowest BCUT2D eigenvalue weighted by Gasteiger charge is -2.11. The van der Waals surface area contributed by atoms with Gasteiger partial charge in [0.25, 0.3) is 0 Å². The number of phenolic OH excluding ortho intramolecular Hbond substituents is 1. The minimum Gasteiger partial charge on any atom is -0.508 e. The van der Waals surface area contributed by atoms with Crippen LogP contribution in [-0.4, -0.2) is 23.6 Å². The Bertz CT molecular complexity index is 349. The fourth-order valence-corrected chi connectivity index (χ4v) is 1.36. The quantitative estimate of drug-likeness (QED) is 0.699. The van der Waals surface area contributed by atoms with E-state index in [-0.39, 0.29) is 17.7 Å². The molecule has 0 saturated heterocycles. The highest BCUT2D eigenvalue weighted by Crippen LogP contribution is 2.08. The van der Waals surface area contributed by atoms with Crippen molar-refractivity contribution in [1.82, 2.24) is 10.6 Å². The molecule has 0 aliphatic carbocycles. The smallest absolute Gasteiger partial charge is 0.234 e. The Morgan fingerprint density at radius 1 is 1.35 bits per heavy atom. The average Bonchev–Trinajstić information content (AvgIpc) is 2.31. The molecule has 0 fully saturated rings. The summed E-state index contributed by atoms with van der Waals surface area (Å²) in [7, 11) is 0. The van der Waals surface area contributed by atoms with Crippen LogP contribution in [0.4, 0.5) is 0 Å². The fraction of sp³-hybridized carbons (Fsp3) is 0.462. The fourth-order valence-electron chi connectivity index (χ4n) is 1.36. The maximum Gasteiger partial charge on any atom is 0.234 e. The van der Waals surface area contributed by atoms with Gasteiger partial charge < -0.3 is 15.7 Å². The maximum absolute atomic E-state index is 11.4. The van der Waals surface area contributed by atoms with Crippen LogP contribution in [0.1, 0.15) is 25.8 Å². The Hall–Kier alpha value is -1.55. The SMILES string of the molecule is CCC(C)NC(=O)CNCc1ccc(O)cc1. The molecule has 0 aliphatic rings. The molecule has 4 nitrogen and oxygen atoms in total. The number of phenols is 1. The summed E-state index contributed by atoms with van der Waals surface area (Å²) in [4.78, 5) is 11.4.